The lowest BCUT2D eigenvalue weighted by atomic mass is 9.98. The van der Waals surface area contributed by atoms with Gasteiger partial charge in [-0.25, -0.2) is 0 Å². The monoisotopic (exact) mass is 552 g/mol. The molecule has 2 aromatic heterocycles. The quantitative estimate of drug-likeness (QED) is 0.213. The van der Waals surface area contributed by atoms with E-state index in [4.69, 9.17) is 0 Å². The van der Waals surface area contributed by atoms with Crippen molar-refractivity contribution in [3.63, 3.8) is 0 Å². The average Bonchev–Trinajstić information content (AvgIpc) is 3.65. The number of aryl methyl sites for hydroxylation is 1. The van der Waals surface area contributed by atoms with Gasteiger partial charge in [-0.3, -0.25) is 9.36 Å². The highest BCUT2D eigenvalue weighted by molar-refractivity contribution is 6.23. The molecule has 3 nitrogen and oxygen atoms in total. The zero-order chi connectivity index (χ0) is 28.9. The molecule has 0 aliphatic heterocycles. The topological polar surface area (TPSA) is 26.9 Å². The Balaban J connectivity index is 1.38. The lowest BCUT2D eigenvalue weighted by molar-refractivity contribution is 0.0969. The van der Waals surface area contributed by atoms with E-state index in [1.807, 2.05) is 66.1 Å². The Bertz CT molecular complexity index is 2230. The summed E-state index contributed by atoms with van der Waals surface area (Å²) < 4.78 is 4.14. The van der Waals surface area contributed by atoms with Gasteiger partial charge in [-0.1, -0.05) is 103 Å². The van der Waals surface area contributed by atoms with Crippen LogP contribution in [0.15, 0.2) is 152 Å². The van der Waals surface area contributed by atoms with Crippen LogP contribution in [-0.2, 0) is 0 Å². The minimum absolute atomic E-state index is 0.0242. The van der Waals surface area contributed by atoms with Crippen molar-refractivity contribution >= 4 is 38.6 Å². The zero-order valence-electron chi connectivity index (χ0n) is 23.7. The van der Waals surface area contributed by atoms with Gasteiger partial charge in [0, 0.05) is 33.6 Å². The summed E-state index contributed by atoms with van der Waals surface area (Å²) in [4.78, 5) is 14.1. The molecule has 0 saturated carbocycles. The molecule has 0 fully saturated rings. The maximum absolute atomic E-state index is 14.1. The van der Waals surface area contributed by atoms with Crippen LogP contribution >= 0.6 is 0 Å². The summed E-state index contributed by atoms with van der Waals surface area (Å²) in [6, 6.07) is 50.3. The van der Waals surface area contributed by atoms with Crippen LogP contribution in [-0.4, -0.2) is 15.0 Å². The molecule has 0 amide bonds. The smallest absolute Gasteiger partial charge is 0.262 e. The van der Waals surface area contributed by atoms with Crippen molar-refractivity contribution < 1.29 is 4.79 Å². The van der Waals surface area contributed by atoms with Crippen molar-refractivity contribution in [3.05, 3.63) is 163 Å². The maximum atomic E-state index is 14.1. The molecule has 3 heteroatoms. The fraction of sp³-hybridized carbons (Fsp3) is 0.0250. The van der Waals surface area contributed by atoms with Gasteiger partial charge >= 0.3 is 0 Å². The van der Waals surface area contributed by atoms with E-state index in [0.29, 0.717) is 5.56 Å². The predicted molar refractivity (Wildman–Crippen MR) is 178 cm³/mol. The Morgan fingerprint density at radius 3 is 1.81 bits per heavy atom. The minimum atomic E-state index is -0.0242. The summed E-state index contributed by atoms with van der Waals surface area (Å²) in [6.07, 6.45) is 2.13. The first-order valence-electron chi connectivity index (χ1n) is 14.6. The van der Waals surface area contributed by atoms with Crippen molar-refractivity contribution in [3.8, 4) is 27.9 Å². The van der Waals surface area contributed by atoms with Crippen LogP contribution in [0.2, 0.25) is 0 Å². The number of rotatable bonds is 4. The van der Waals surface area contributed by atoms with Gasteiger partial charge in [-0.05, 0) is 77.7 Å². The van der Waals surface area contributed by atoms with E-state index >= 15 is 0 Å². The number of aromatic nitrogens is 2. The second-order valence-corrected chi connectivity index (χ2v) is 11.1. The fourth-order valence-corrected chi connectivity index (χ4v) is 6.28. The molecule has 0 bridgehead atoms. The molecule has 6 aromatic carbocycles. The van der Waals surface area contributed by atoms with E-state index < -0.39 is 0 Å². The lowest BCUT2D eigenvalue weighted by Gasteiger charge is -2.13. The number of carbonyl (C=O) groups excluding carboxylic acids is 1. The van der Waals surface area contributed by atoms with Crippen LogP contribution in [0.1, 0.15) is 15.9 Å². The van der Waals surface area contributed by atoms with Crippen molar-refractivity contribution in [2.24, 2.45) is 0 Å². The molecule has 0 aliphatic rings. The Labute approximate surface area is 249 Å². The van der Waals surface area contributed by atoms with Crippen LogP contribution in [0.4, 0.5) is 0 Å². The number of benzene rings is 6. The minimum Gasteiger partial charge on any atom is -0.316 e. The summed E-state index contributed by atoms with van der Waals surface area (Å²) in [7, 11) is 0. The second kappa shape index (κ2) is 10.0. The van der Waals surface area contributed by atoms with Gasteiger partial charge in [0.2, 0.25) is 0 Å². The number of hydrogen-bond donors (Lipinski definition) is 0. The molecule has 0 unspecified atom stereocenters. The molecule has 8 rings (SSSR count). The van der Waals surface area contributed by atoms with Crippen LogP contribution in [0, 0.1) is 6.92 Å². The van der Waals surface area contributed by atoms with Crippen LogP contribution < -0.4 is 0 Å². The summed E-state index contributed by atoms with van der Waals surface area (Å²) in [5, 5.41) is 3.19. The third-order valence-electron chi connectivity index (χ3n) is 8.41. The van der Waals surface area contributed by atoms with E-state index in [-0.39, 0.29) is 5.91 Å². The second-order valence-electron chi connectivity index (χ2n) is 11.1. The third kappa shape index (κ3) is 4.17. The SMILES string of the molecule is Cc1ccc(C(=O)n2c3ccccc3c3ccc4c(ccn4-c4cc(-c5ccccc5)cc(-c5ccccc5)c4)c32)cc1. The molecule has 204 valence electrons. The van der Waals surface area contributed by atoms with E-state index in [2.05, 4.69) is 102 Å². The Hall–Kier alpha value is -5.67. The van der Waals surface area contributed by atoms with Crippen LogP contribution in [0.3, 0.4) is 0 Å². The molecule has 43 heavy (non-hydrogen) atoms. The van der Waals surface area contributed by atoms with E-state index in [9.17, 15) is 4.79 Å². The van der Waals surface area contributed by atoms with Crippen molar-refractivity contribution in [1.82, 2.24) is 9.13 Å². The van der Waals surface area contributed by atoms with Gasteiger partial charge in [0.05, 0.1) is 16.6 Å². The standard InChI is InChI=1S/C40H28N2O/c1-27-16-18-30(19-17-27)40(43)42-38-15-9-8-14-34(38)35-20-21-37-36(39(35)42)22-23-41(37)33-25-31(28-10-4-2-5-11-28)24-32(26-33)29-12-6-3-7-13-29/h2-26H,1H3. The largest absolute Gasteiger partial charge is 0.316 e. The fourth-order valence-electron chi connectivity index (χ4n) is 6.28. The van der Waals surface area contributed by atoms with Crippen LogP contribution in [0.25, 0.3) is 60.6 Å². The third-order valence-corrected chi connectivity index (χ3v) is 8.41. The summed E-state index contributed by atoms with van der Waals surface area (Å²) in [6.45, 7) is 2.04. The highest BCUT2D eigenvalue weighted by Gasteiger charge is 2.21. The Kier molecular flexibility index (Phi) is 5.83. The molecule has 0 atom stereocenters. The summed E-state index contributed by atoms with van der Waals surface area (Å²) in [5.74, 6) is -0.0242. The van der Waals surface area contributed by atoms with Crippen molar-refractivity contribution in [2.45, 2.75) is 6.92 Å². The van der Waals surface area contributed by atoms with Gasteiger partial charge in [0.1, 0.15) is 0 Å². The molecule has 0 N–H and O–H groups in total. The molecular formula is C40H28N2O. The highest BCUT2D eigenvalue weighted by atomic mass is 16.2. The Morgan fingerprint density at radius 1 is 0.512 bits per heavy atom. The maximum Gasteiger partial charge on any atom is 0.262 e. The van der Waals surface area contributed by atoms with Crippen molar-refractivity contribution in [1.29, 1.82) is 0 Å². The molecule has 0 aliphatic carbocycles. The van der Waals surface area contributed by atoms with Gasteiger partial charge in [-0.2, -0.15) is 0 Å². The molecule has 0 spiro atoms. The van der Waals surface area contributed by atoms with Crippen LogP contribution in [0.5, 0.6) is 0 Å². The number of para-hydroxylation sites is 1. The lowest BCUT2D eigenvalue weighted by Crippen LogP contribution is -2.11. The summed E-state index contributed by atoms with van der Waals surface area (Å²) in [5.41, 5.74) is 10.4. The number of hydrogen-bond acceptors (Lipinski definition) is 1. The predicted octanol–water partition coefficient (Wildman–Crippen LogP) is 10.1. The highest BCUT2D eigenvalue weighted by Crippen LogP contribution is 2.37. The summed E-state index contributed by atoms with van der Waals surface area (Å²) >= 11 is 0. The number of fused-ring (bicyclic) bond motifs is 5. The first kappa shape index (κ1) is 25.1. The first-order valence-corrected chi connectivity index (χ1v) is 14.6. The first-order chi connectivity index (χ1) is 21.2. The molecule has 8 aromatic rings. The van der Waals surface area contributed by atoms with Gasteiger partial charge < -0.3 is 4.57 Å². The van der Waals surface area contributed by atoms with Gasteiger partial charge in [0.15, 0.2) is 0 Å². The van der Waals surface area contributed by atoms with E-state index in [0.717, 1.165) is 55.1 Å². The van der Waals surface area contributed by atoms with Gasteiger partial charge in [-0.15, -0.1) is 0 Å². The molecule has 0 radical (unpaired) electrons. The molecular weight excluding hydrogens is 524 g/mol. The van der Waals surface area contributed by atoms with E-state index in [1.54, 1.807) is 0 Å². The average molecular weight is 553 g/mol. The zero-order valence-corrected chi connectivity index (χ0v) is 23.7. The van der Waals surface area contributed by atoms with Crippen molar-refractivity contribution in [2.75, 3.05) is 0 Å². The Morgan fingerprint density at radius 2 is 1.14 bits per heavy atom. The number of nitrogens with zero attached hydrogens (tertiary/aromatic N) is 2. The molecule has 2 heterocycles. The number of carbonyl (C=O) groups is 1. The molecule has 0 saturated heterocycles. The van der Waals surface area contributed by atoms with Gasteiger partial charge in [0.25, 0.3) is 5.91 Å². The van der Waals surface area contributed by atoms with E-state index in [1.165, 1.54) is 11.1 Å². The normalized spacial score (nSPS) is 11.5.